The lowest BCUT2D eigenvalue weighted by molar-refractivity contribution is 0.101. The van der Waals surface area contributed by atoms with E-state index in [1.54, 1.807) is 6.92 Å². The molecule has 0 radical (unpaired) electrons. The number of ketones is 1. The molecule has 1 heterocycles. The predicted octanol–water partition coefficient (Wildman–Crippen LogP) is 2.77. The number of carbonyl (C=O) groups is 1. The van der Waals surface area contributed by atoms with Crippen molar-refractivity contribution in [2.75, 3.05) is 37.1 Å². The highest BCUT2D eigenvalue weighted by atomic mass is 32.3. The molecule has 1 aromatic carbocycles. The summed E-state index contributed by atoms with van der Waals surface area (Å²) in [7, 11) is -0.312. The fourth-order valence-corrected chi connectivity index (χ4v) is 3.94. The minimum atomic E-state index is -0.312. The summed E-state index contributed by atoms with van der Waals surface area (Å²) in [4.78, 5) is 13.7. The van der Waals surface area contributed by atoms with Crippen LogP contribution in [0.4, 0.5) is 0 Å². The molecule has 0 saturated carbocycles. The van der Waals surface area contributed by atoms with Crippen molar-refractivity contribution < 1.29 is 4.79 Å². The Bertz CT molecular complexity index is 415. The highest BCUT2D eigenvalue weighted by Gasteiger charge is 2.21. The highest BCUT2D eigenvalue weighted by Crippen LogP contribution is 2.41. The normalized spacial score (nSPS) is 21.5. The van der Waals surface area contributed by atoms with Crippen LogP contribution in [0, 0.1) is 0 Å². The van der Waals surface area contributed by atoms with Crippen molar-refractivity contribution in [3.05, 3.63) is 35.4 Å². The standard InChI is InChI=1S/C15H23NOS/c1-13(17)15-6-4-14(5-7-15)12-16-8-10-18(2,3)11-9-16/h4-7H,8-12H2,1-3H3. The van der Waals surface area contributed by atoms with Crippen LogP contribution in [0.3, 0.4) is 0 Å². The van der Waals surface area contributed by atoms with Gasteiger partial charge in [-0.1, -0.05) is 24.3 Å². The summed E-state index contributed by atoms with van der Waals surface area (Å²) in [6, 6.07) is 8.06. The van der Waals surface area contributed by atoms with Gasteiger partial charge in [-0.3, -0.25) is 9.69 Å². The Morgan fingerprint density at radius 1 is 1.17 bits per heavy atom. The molecule has 1 saturated heterocycles. The molecule has 0 amide bonds. The first-order valence-corrected chi connectivity index (χ1v) is 9.26. The second kappa shape index (κ2) is 5.45. The maximum atomic E-state index is 11.2. The van der Waals surface area contributed by atoms with Crippen molar-refractivity contribution in [1.82, 2.24) is 4.90 Å². The summed E-state index contributed by atoms with van der Waals surface area (Å²) in [5.74, 6) is 2.86. The van der Waals surface area contributed by atoms with E-state index in [2.05, 4.69) is 29.5 Å². The number of carbonyl (C=O) groups excluding carboxylic acids is 1. The average molecular weight is 265 g/mol. The van der Waals surface area contributed by atoms with E-state index in [4.69, 9.17) is 0 Å². The summed E-state index contributed by atoms with van der Waals surface area (Å²) in [6.07, 6.45) is 4.87. The van der Waals surface area contributed by atoms with Gasteiger partial charge in [0.2, 0.25) is 0 Å². The predicted molar refractivity (Wildman–Crippen MR) is 80.9 cm³/mol. The molecule has 0 unspecified atom stereocenters. The zero-order valence-electron chi connectivity index (χ0n) is 11.6. The van der Waals surface area contributed by atoms with Gasteiger partial charge in [-0.2, -0.15) is 0 Å². The second-order valence-electron chi connectivity index (χ2n) is 5.70. The minimum absolute atomic E-state index is 0.143. The van der Waals surface area contributed by atoms with Crippen LogP contribution in [-0.2, 0) is 6.54 Å². The van der Waals surface area contributed by atoms with E-state index in [1.165, 1.54) is 30.2 Å². The average Bonchev–Trinajstić information content (AvgIpc) is 2.33. The van der Waals surface area contributed by atoms with Crippen molar-refractivity contribution in [3.63, 3.8) is 0 Å². The molecule has 1 aliphatic rings. The third-order valence-electron chi connectivity index (χ3n) is 3.69. The number of rotatable bonds is 3. The summed E-state index contributed by atoms with van der Waals surface area (Å²) in [5, 5.41) is 0. The molecule has 1 fully saturated rings. The molecule has 2 nitrogen and oxygen atoms in total. The molecule has 0 bridgehead atoms. The van der Waals surface area contributed by atoms with E-state index in [0.29, 0.717) is 0 Å². The Labute approximate surface area is 112 Å². The van der Waals surface area contributed by atoms with E-state index in [1.807, 2.05) is 12.1 Å². The van der Waals surface area contributed by atoms with Gasteiger partial charge in [-0.25, -0.2) is 10.0 Å². The van der Waals surface area contributed by atoms with Gasteiger partial charge in [0.25, 0.3) is 0 Å². The Hall–Kier alpha value is -0.800. The lowest BCUT2D eigenvalue weighted by Crippen LogP contribution is -2.37. The third-order valence-corrected chi connectivity index (χ3v) is 6.26. The highest BCUT2D eigenvalue weighted by molar-refractivity contribution is 8.32. The van der Waals surface area contributed by atoms with Gasteiger partial charge in [0.1, 0.15) is 0 Å². The van der Waals surface area contributed by atoms with Crippen molar-refractivity contribution in [2.45, 2.75) is 13.5 Å². The van der Waals surface area contributed by atoms with Gasteiger partial charge < -0.3 is 0 Å². The molecule has 1 aromatic rings. The SMILES string of the molecule is CC(=O)c1ccc(CN2CCS(C)(C)CC2)cc1. The first-order valence-electron chi connectivity index (χ1n) is 6.47. The molecule has 3 heteroatoms. The van der Waals surface area contributed by atoms with Crippen LogP contribution in [0.2, 0.25) is 0 Å². The smallest absolute Gasteiger partial charge is 0.159 e. The molecule has 0 N–H and O–H groups in total. The molecule has 0 atom stereocenters. The molecular weight excluding hydrogens is 242 g/mol. The molecule has 2 rings (SSSR count). The van der Waals surface area contributed by atoms with Crippen molar-refractivity contribution in [1.29, 1.82) is 0 Å². The van der Waals surface area contributed by atoms with E-state index < -0.39 is 0 Å². The second-order valence-corrected chi connectivity index (χ2v) is 10.1. The molecule has 100 valence electrons. The monoisotopic (exact) mass is 265 g/mol. The largest absolute Gasteiger partial charge is 0.298 e. The molecule has 0 aromatic heterocycles. The Kier molecular flexibility index (Phi) is 4.13. The summed E-state index contributed by atoms with van der Waals surface area (Å²) < 4.78 is 0. The summed E-state index contributed by atoms with van der Waals surface area (Å²) >= 11 is 0. The zero-order valence-corrected chi connectivity index (χ0v) is 12.4. The number of hydrogen-bond donors (Lipinski definition) is 0. The van der Waals surface area contributed by atoms with E-state index in [0.717, 1.165) is 12.1 Å². The number of hydrogen-bond acceptors (Lipinski definition) is 2. The van der Waals surface area contributed by atoms with Crippen molar-refractivity contribution in [2.24, 2.45) is 0 Å². The lowest BCUT2D eigenvalue weighted by atomic mass is 10.1. The maximum Gasteiger partial charge on any atom is 0.159 e. The lowest BCUT2D eigenvalue weighted by Gasteiger charge is -2.41. The van der Waals surface area contributed by atoms with Crippen LogP contribution in [0.5, 0.6) is 0 Å². The fourth-order valence-electron chi connectivity index (χ4n) is 2.23. The molecule has 18 heavy (non-hydrogen) atoms. The summed E-state index contributed by atoms with van der Waals surface area (Å²) in [6.45, 7) is 5.08. The number of nitrogens with zero attached hydrogens (tertiary/aromatic N) is 1. The number of Topliss-reactive ketones (excluding diaryl/α,β-unsaturated/α-hetero) is 1. The van der Waals surface area contributed by atoms with Crippen LogP contribution in [0.15, 0.2) is 24.3 Å². The van der Waals surface area contributed by atoms with Gasteiger partial charge in [0.05, 0.1) is 0 Å². The third kappa shape index (κ3) is 3.59. The van der Waals surface area contributed by atoms with Crippen LogP contribution < -0.4 is 0 Å². The van der Waals surface area contributed by atoms with E-state index in [-0.39, 0.29) is 15.8 Å². The maximum absolute atomic E-state index is 11.2. The van der Waals surface area contributed by atoms with Crippen LogP contribution in [0.1, 0.15) is 22.8 Å². The van der Waals surface area contributed by atoms with Crippen LogP contribution in [-0.4, -0.2) is 47.8 Å². The van der Waals surface area contributed by atoms with Gasteiger partial charge in [-0.05, 0) is 36.5 Å². The zero-order chi connectivity index (χ0) is 13.2. The molecular formula is C15H23NOS. The number of benzene rings is 1. The molecule has 0 aliphatic carbocycles. The topological polar surface area (TPSA) is 20.3 Å². The quantitative estimate of drug-likeness (QED) is 0.783. The van der Waals surface area contributed by atoms with Crippen molar-refractivity contribution in [3.8, 4) is 0 Å². The van der Waals surface area contributed by atoms with Gasteiger partial charge in [0, 0.05) is 25.2 Å². The van der Waals surface area contributed by atoms with Crippen LogP contribution >= 0.6 is 10.0 Å². The fraction of sp³-hybridized carbons (Fsp3) is 0.533. The Morgan fingerprint density at radius 3 is 2.22 bits per heavy atom. The Morgan fingerprint density at radius 2 is 1.72 bits per heavy atom. The van der Waals surface area contributed by atoms with E-state index in [9.17, 15) is 4.79 Å². The first-order chi connectivity index (χ1) is 8.46. The molecule has 1 aliphatic heterocycles. The molecule has 0 spiro atoms. The van der Waals surface area contributed by atoms with Gasteiger partial charge >= 0.3 is 0 Å². The van der Waals surface area contributed by atoms with E-state index >= 15 is 0 Å². The van der Waals surface area contributed by atoms with Crippen LogP contribution in [0.25, 0.3) is 0 Å². The Balaban J connectivity index is 1.92. The summed E-state index contributed by atoms with van der Waals surface area (Å²) in [5.41, 5.74) is 2.12. The first kappa shape index (κ1) is 13.6. The minimum Gasteiger partial charge on any atom is -0.298 e. The van der Waals surface area contributed by atoms with Gasteiger partial charge in [0.15, 0.2) is 5.78 Å². The van der Waals surface area contributed by atoms with Crippen molar-refractivity contribution >= 4 is 15.8 Å². The van der Waals surface area contributed by atoms with Gasteiger partial charge in [-0.15, -0.1) is 0 Å².